The van der Waals surface area contributed by atoms with Crippen LogP contribution in [0, 0.1) is 6.57 Å². The van der Waals surface area contributed by atoms with Crippen molar-refractivity contribution in [1.29, 1.82) is 0 Å². The van der Waals surface area contributed by atoms with Gasteiger partial charge in [0.25, 0.3) is 5.91 Å². The summed E-state index contributed by atoms with van der Waals surface area (Å²) >= 11 is 3.11. The number of rotatable bonds is 14. The number of amides is 1. The molecule has 0 fully saturated rings. The van der Waals surface area contributed by atoms with Crippen LogP contribution in [0.1, 0.15) is 139 Å². The van der Waals surface area contributed by atoms with Gasteiger partial charge in [-0.1, -0.05) is 31.7 Å². The van der Waals surface area contributed by atoms with Gasteiger partial charge in [0.05, 0.1) is 55.4 Å². The second kappa shape index (κ2) is 47.6. The van der Waals surface area contributed by atoms with Gasteiger partial charge in [-0.3, -0.25) is 44.0 Å². The molecule has 0 saturated heterocycles. The van der Waals surface area contributed by atoms with Crippen molar-refractivity contribution in [2.45, 2.75) is 101 Å². The quantitative estimate of drug-likeness (QED) is 0.0264. The van der Waals surface area contributed by atoms with E-state index in [2.05, 4.69) is 65.1 Å². The third-order valence-electron chi connectivity index (χ3n) is 14.7. The molecule has 0 spiro atoms. The second-order valence-corrected chi connectivity index (χ2v) is 24.0. The van der Waals surface area contributed by atoms with E-state index in [0.29, 0.717) is 82.5 Å². The first kappa shape index (κ1) is 91.3. The number of aryl methyl sites for hydroxylation is 1. The lowest BCUT2D eigenvalue weighted by Gasteiger charge is -2.20. The van der Waals surface area contributed by atoms with Crippen LogP contribution in [0.25, 0.3) is 51.2 Å². The smallest absolute Gasteiger partial charge is 0.420 e. The Kier molecular flexibility index (Phi) is 39.9. The number of carboxylic acids is 1. The normalized spacial score (nSPS) is 11.5. The number of likely N-dealkylation sites (N-methyl/N-ethyl adjacent to an activating group) is 1. The van der Waals surface area contributed by atoms with Crippen LogP contribution in [0.4, 0.5) is 4.79 Å². The highest BCUT2D eigenvalue weighted by Gasteiger charge is 2.27. The van der Waals surface area contributed by atoms with Crippen molar-refractivity contribution >= 4 is 129 Å². The third-order valence-corrected chi connectivity index (χ3v) is 15.4. The molecule has 109 heavy (non-hydrogen) atoms. The van der Waals surface area contributed by atoms with Gasteiger partial charge < -0.3 is 38.2 Å². The first-order chi connectivity index (χ1) is 51.5. The predicted molar refractivity (Wildman–Crippen MR) is 419 cm³/mol. The highest BCUT2D eigenvalue weighted by Crippen LogP contribution is 2.27. The van der Waals surface area contributed by atoms with E-state index < -0.39 is 29.6 Å². The Labute approximate surface area is 647 Å². The van der Waals surface area contributed by atoms with E-state index in [9.17, 15) is 43.2 Å². The molecule has 0 aliphatic heterocycles. The molecule has 0 unspecified atom stereocenters. The first-order valence-corrected chi connectivity index (χ1v) is 34.3. The van der Waals surface area contributed by atoms with E-state index in [-0.39, 0.29) is 50.6 Å². The van der Waals surface area contributed by atoms with E-state index >= 15 is 0 Å². The van der Waals surface area contributed by atoms with Crippen molar-refractivity contribution in [3.8, 4) is 0 Å². The van der Waals surface area contributed by atoms with Crippen molar-refractivity contribution in [1.82, 2.24) is 49.1 Å². The Morgan fingerprint density at radius 3 is 1.47 bits per heavy atom. The number of aromatic nitrogens is 9. The Morgan fingerprint density at radius 1 is 0.578 bits per heavy atom. The van der Waals surface area contributed by atoms with Gasteiger partial charge in [-0.2, -0.15) is 0 Å². The zero-order chi connectivity index (χ0) is 78.4. The van der Waals surface area contributed by atoms with Crippen molar-refractivity contribution in [2.24, 2.45) is 0 Å². The maximum atomic E-state index is 12.4. The molecule has 1 N–H and O–H groups in total. The fourth-order valence-corrected chi connectivity index (χ4v) is 10.1. The average Bonchev–Trinajstić information content (AvgIpc) is 1.63. The lowest BCUT2D eigenvalue weighted by atomic mass is 10.2. The zero-order valence-corrected chi connectivity index (χ0v) is 64.1. The molecule has 9 heterocycles. The predicted octanol–water partition coefficient (Wildman–Crippen LogP) is 13.7. The van der Waals surface area contributed by atoms with Crippen LogP contribution in [-0.2, 0) is 84.7 Å². The summed E-state index contributed by atoms with van der Waals surface area (Å²) in [7, 11) is 4.75. The third kappa shape index (κ3) is 28.4. The maximum Gasteiger partial charge on any atom is 0.420 e. The molecule has 9 aromatic rings. The minimum absolute atomic E-state index is 0. The average molecular weight is 1580 g/mol. The van der Waals surface area contributed by atoms with E-state index in [1.165, 1.54) is 12.2 Å². The topological polar surface area (TPSA) is 337 Å². The number of methoxy groups -OCH3 is 1. The summed E-state index contributed by atoms with van der Waals surface area (Å²) in [5.74, 6) is -2.22. The Morgan fingerprint density at radius 2 is 1.03 bits per heavy atom. The number of ether oxygens (including phenoxy) is 5. The van der Waals surface area contributed by atoms with Gasteiger partial charge in [-0.15, -0.1) is 12.4 Å². The molecule has 574 valence electrons. The van der Waals surface area contributed by atoms with Gasteiger partial charge >= 0.3 is 36.5 Å². The molecule has 0 aromatic carbocycles. The molecule has 27 nitrogen and oxygen atoms in total. The number of fused-ring (bicyclic) bond motifs is 6. The van der Waals surface area contributed by atoms with Crippen molar-refractivity contribution < 1.29 is 76.8 Å². The highest BCUT2D eigenvalue weighted by atomic mass is 79.9. The highest BCUT2D eigenvalue weighted by molar-refractivity contribution is 9.10. The van der Waals surface area contributed by atoms with Crippen molar-refractivity contribution in [3.63, 3.8) is 0 Å². The lowest BCUT2D eigenvalue weighted by molar-refractivity contribution is -0.163. The number of aldehydes is 3. The number of hydroxylamine groups is 2. The number of hydrogen-bond acceptors (Lipinski definition) is 22. The number of carbonyl (C=O) groups excluding carboxylic acids is 8. The molecule has 0 saturated carbocycles. The zero-order valence-electron chi connectivity index (χ0n) is 61.7. The molecule has 9 aromatic heterocycles. The van der Waals surface area contributed by atoms with Crippen LogP contribution in [0.15, 0.2) is 167 Å². The van der Waals surface area contributed by atoms with Crippen LogP contribution < -0.4 is 0 Å². The summed E-state index contributed by atoms with van der Waals surface area (Å²) in [6.07, 6.45) is 23.3. The summed E-state index contributed by atoms with van der Waals surface area (Å²) in [6.45, 7) is 23.1. The Hall–Kier alpha value is -11.9. The number of carbonyl (C=O) groups is 9. The number of hydrogen-bond donors (Lipinski definition) is 1. The molecule has 29 heteroatoms. The monoisotopic (exact) mass is 1570 g/mol. The van der Waals surface area contributed by atoms with E-state index in [1.807, 2.05) is 97.3 Å². The number of allylic oxidation sites excluding steroid dienone is 1. The maximum absolute atomic E-state index is 12.4. The SMILES string of the molecule is C.CCOC.CCOC(=O)C1=Cc2cccnc2C1.CCOC(=O)c1cc2cccnc2n1C(=O)OC(C)(C)C.CCn1c(C=O)cc2cccnc21.CON(C)C(=O)C1=Cc2cccnc2C1.Cl.O=C(O)C1=Cc2cccnc2C1.O=CC1=Cc2cccnc2C1.O=Cc1cccnc1Br.[C-]#[N+]CC(=O)OCC. The van der Waals surface area contributed by atoms with Crippen LogP contribution in [0.3, 0.4) is 0 Å². The molecule has 0 radical (unpaired) electrons. The second-order valence-electron chi connectivity index (χ2n) is 23.3. The summed E-state index contributed by atoms with van der Waals surface area (Å²) < 4.78 is 27.9. The molecule has 1 amide bonds. The fraction of sp³-hybridized carbons (Fsp3) is 0.287. The number of carboxylic acid groups (broad SMARTS) is 1. The lowest BCUT2D eigenvalue weighted by Crippen LogP contribution is -2.29. The van der Waals surface area contributed by atoms with E-state index in [1.54, 1.807) is 142 Å². The van der Waals surface area contributed by atoms with Crippen LogP contribution in [0.2, 0.25) is 0 Å². The number of esters is 3. The van der Waals surface area contributed by atoms with Gasteiger partial charge in [0, 0.05) is 129 Å². The van der Waals surface area contributed by atoms with Crippen LogP contribution in [0.5, 0.6) is 0 Å². The van der Waals surface area contributed by atoms with E-state index in [4.69, 9.17) is 30.7 Å². The molecule has 4 aliphatic rings. The molecule has 13 rings (SSSR count). The standard InChI is InChI=1S/C15H18N2O4.C11H12N2O2.C11H11NO2.C10H10N2O.C9H7NO2.C9H7NO.C6H4BrNO.C5H7NO2.C3H8O.CH4.ClH/c1-5-20-13(18)11-9-10-7-6-8-16-12(10)17(11)14(19)21-15(2,3)4;1-13(15-2)11(14)9-6-8-4-3-5-12-10(8)7-9;1-2-14-11(13)9-6-8-4-3-5-12-10(8)7-9;1-2-12-9(7-13)6-8-4-3-5-11-10(8)12;11-9(12)7-4-6-2-1-3-10-8(6)5-7;11-6-7-4-8-2-1-3-10-9(8)5-7;7-6-5(4-9)2-1-3-8-6;1-3-8-5(7)4-6-2;1-3-4-2;;/h6-9H,5H2,1-4H3;3-6H,7H2,1-2H3;3-6H,2,7H2,1H3;3-7H,2H2,1H3;1-4H,5H2,(H,11,12);1-4,6H,5H2;1-4H;3-4H2,1H3;3H2,1-2H3;1H4;1H. The van der Waals surface area contributed by atoms with Crippen molar-refractivity contribution in [3.05, 3.63) is 241 Å². The summed E-state index contributed by atoms with van der Waals surface area (Å²) in [4.78, 5) is 136. The summed E-state index contributed by atoms with van der Waals surface area (Å²) in [6, 6.07) is 29.3. The Balaban J connectivity index is 0.000000324. The number of pyridine rings is 7. The number of nitrogens with zero attached hydrogens (tertiary/aromatic N) is 11. The number of halogens is 2. The molecule has 0 atom stereocenters. The first-order valence-electron chi connectivity index (χ1n) is 33.5. The van der Waals surface area contributed by atoms with Gasteiger partial charge in [-0.25, -0.2) is 55.1 Å². The largest absolute Gasteiger partial charge is 0.478 e. The molecular formula is C80H89BrClN11O16. The minimum Gasteiger partial charge on any atom is -0.478 e. The Bertz CT molecular complexity index is 4750. The fourth-order valence-electron chi connectivity index (χ4n) is 9.79. The van der Waals surface area contributed by atoms with Crippen molar-refractivity contribution in [2.75, 3.05) is 54.2 Å². The molecule has 4 aliphatic carbocycles. The van der Waals surface area contributed by atoms with Gasteiger partial charge in [0.1, 0.15) is 33.5 Å². The number of aliphatic carboxylic acids is 1. The minimum atomic E-state index is -0.854. The molecular weight excluding hydrogens is 1490 g/mol. The van der Waals surface area contributed by atoms with Gasteiger partial charge in [0.2, 0.25) is 0 Å². The van der Waals surface area contributed by atoms with E-state index in [0.717, 1.165) is 98.2 Å². The summed E-state index contributed by atoms with van der Waals surface area (Å²) in [5, 5.41) is 11.6. The summed E-state index contributed by atoms with van der Waals surface area (Å²) in [5.41, 5.74) is 12.4. The van der Waals surface area contributed by atoms with Crippen LogP contribution in [-0.4, -0.2) is 169 Å². The van der Waals surface area contributed by atoms with Crippen LogP contribution >= 0.6 is 28.3 Å². The molecule has 0 bridgehead atoms. The van der Waals surface area contributed by atoms with Gasteiger partial charge in [-0.05, 0) is 196 Å². The van der Waals surface area contributed by atoms with Gasteiger partial charge in [0.15, 0.2) is 12.6 Å².